The van der Waals surface area contributed by atoms with Crippen LogP contribution in [0.4, 0.5) is 0 Å². The molecule has 8 heteroatoms. The number of carbonyl (C=O) groups is 1. The van der Waals surface area contributed by atoms with Gasteiger partial charge in [-0.05, 0) is 25.8 Å². The zero-order chi connectivity index (χ0) is 15.1. The number of hydrogen-bond donors (Lipinski definition) is 1. The number of ether oxygens (including phenoxy) is 1. The van der Waals surface area contributed by atoms with E-state index in [1.54, 1.807) is 24.3 Å². The normalized spacial score (nSPS) is 23.0. The third-order valence-electron chi connectivity index (χ3n) is 3.64. The maximum absolute atomic E-state index is 12.5. The lowest BCUT2D eigenvalue weighted by Gasteiger charge is -2.26. The molecule has 0 aromatic carbocycles. The van der Waals surface area contributed by atoms with Crippen molar-refractivity contribution in [3.8, 4) is 0 Å². The zero-order valence-electron chi connectivity index (χ0n) is 11.6. The number of amides is 1. The fraction of sp³-hybridized carbons (Fsp3) is 0.583. The molecule has 0 aliphatic carbocycles. The van der Waals surface area contributed by atoms with Gasteiger partial charge in [-0.1, -0.05) is 0 Å². The fourth-order valence-electron chi connectivity index (χ4n) is 2.46. The molecule has 0 saturated carbocycles. The van der Waals surface area contributed by atoms with E-state index in [-0.39, 0.29) is 22.3 Å². The molecule has 2 N–H and O–H groups in total. The minimum Gasteiger partial charge on any atom is -0.376 e. The Kier molecular flexibility index (Phi) is 4.19. The lowest BCUT2D eigenvalue weighted by atomic mass is 10.1. The summed E-state index contributed by atoms with van der Waals surface area (Å²) in [5, 5.41) is 6.68. The SMILES string of the molecule is Cc1c(C(=O)N(C)C2CCOC2C)csc1S(N)(=O)=O. The van der Waals surface area contributed by atoms with Crippen LogP contribution < -0.4 is 5.14 Å². The summed E-state index contributed by atoms with van der Waals surface area (Å²) in [5.41, 5.74) is 0.807. The number of nitrogens with zero attached hydrogens (tertiary/aromatic N) is 1. The lowest BCUT2D eigenvalue weighted by Crippen LogP contribution is -2.41. The number of thiophene rings is 1. The van der Waals surface area contributed by atoms with Crippen molar-refractivity contribution in [3.63, 3.8) is 0 Å². The molecule has 20 heavy (non-hydrogen) atoms. The summed E-state index contributed by atoms with van der Waals surface area (Å²) in [7, 11) is -2.06. The zero-order valence-corrected chi connectivity index (χ0v) is 13.3. The van der Waals surface area contributed by atoms with Crippen LogP contribution in [0.1, 0.15) is 29.3 Å². The standard InChI is InChI=1S/C12H18N2O4S2/c1-7-9(6-19-12(7)20(13,16)17)11(15)14(3)10-4-5-18-8(10)2/h6,8,10H,4-5H2,1-3H3,(H2,13,16,17). The minimum absolute atomic E-state index is 0.0133. The van der Waals surface area contributed by atoms with Gasteiger partial charge in [-0.15, -0.1) is 11.3 Å². The maximum atomic E-state index is 12.5. The molecule has 2 heterocycles. The van der Waals surface area contributed by atoms with Crippen LogP contribution in [0.2, 0.25) is 0 Å². The molecule has 112 valence electrons. The Morgan fingerprint density at radius 1 is 1.55 bits per heavy atom. The van der Waals surface area contributed by atoms with Crippen LogP contribution >= 0.6 is 11.3 Å². The highest BCUT2D eigenvalue weighted by molar-refractivity contribution is 7.91. The van der Waals surface area contributed by atoms with Gasteiger partial charge in [0.1, 0.15) is 4.21 Å². The second-order valence-corrected chi connectivity index (χ2v) is 7.59. The molecular formula is C12H18N2O4S2. The molecular weight excluding hydrogens is 300 g/mol. The highest BCUT2D eigenvalue weighted by Crippen LogP contribution is 2.28. The van der Waals surface area contributed by atoms with Gasteiger partial charge in [0, 0.05) is 19.0 Å². The van der Waals surface area contributed by atoms with Crippen LogP contribution in [0, 0.1) is 6.92 Å². The predicted molar refractivity (Wildman–Crippen MR) is 76.3 cm³/mol. The van der Waals surface area contributed by atoms with Crippen LogP contribution in [0.3, 0.4) is 0 Å². The summed E-state index contributed by atoms with van der Waals surface area (Å²) in [4.78, 5) is 14.1. The van der Waals surface area contributed by atoms with E-state index in [1.165, 1.54) is 0 Å². The molecule has 2 rings (SSSR count). The van der Waals surface area contributed by atoms with E-state index < -0.39 is 10.0 Å². The van der Waals surface area contributed by atoms with Crippen molar-refractivity contribution >= 4 is 27.3 Å². The van der Waals surface area contributed by atoms with Crippen LogP contribution in [0.15, 0.2) is 9.59 Å². The van der Waals surface area contributed by atoms with Crippen molar-refractivity contribution in [2.24, 2.45) is 5.14 Å². The first-order chi connectivity index (χ1) is 9.23. The van der Waals surface area contributed by atoms with Crippen molar-refractivity contribution in [3.05, 3.63) is 16.5 Å². The number of hydrogen-bond acceptors (Lipinski definition) is 5. The second kappa shape index (κ2) is 5.44. The summed E-state index contributed by atoms with van der Waals surface area (Å²) >= 11 is 0.980. The number of nitrogens with two attached hydrogens (primary N) is 1. The van der Waals surface area contributed by atoms with Crippen LogP contribution in [-0.4, -0.2) is 45.0 Å². The second-order valence-electron chi connectivity index (χ2n) is 4.95. The van der Waals surface area contributed by atoms with Gasteiger partial charge in [-0.3, -0.25) is 4.79 Å². The van der Waals surface area contributed by atoms with Gasteiger partial charge < -0.3 is 9.64 Å². The van der Waals surface area contributed by atoms with Crippen molar-refractivity contribution in [1.82, 2.24) is 4.90 Å². The first-order valence-electron chi connectivity index (χ1n) is 6.23. The largest absolute Gasteiger partial charge is 0.376 e. The van der Waals surface area contributed by atoms with Crippen molar-refractivity contribution < 1.29 is 17.9 Å². The number of sulfonamides is 1. The van der Waals surface area contributed by atoms with Crippen LogP contribution in [-0.2, 0) is 14.8 Å². The molecule has 1 aromatic rings. The Hall–Kier alpha value is -0.960. The molecule has 2 atom stereocenters. The van der Waals surface area contributed by atoms with Crippen molar-refractivity contribution in [2.75, 3.05) is 13.7 Å². The van der Waals surface area contributed by atoms with E-state index >= 15 is 0 Å². The van der Waals surface area contributed by atoms with E-state index in [0.29, 0.717) is 17.7 Å². The highest BCUT2D eigenvalue weighted by atomic mass is 32.2. The molecule has 1 aliphatic heterocycles. The summed E-state index contributed by atoms with van der Waals surface area (Å²) in [6.07, 6.45) is 0.773. The van der Waals surface area contributed by atoms with E-state index in [0.717, 1.165) is 17.8 Å². The molecule has 2 unspecified atom stereocenters. The predicted octanol–water partition coefficient (Wildman–Crippen LogP) is 0.953. The van der Waals surface area contributed by atoms with Gasteiger partial charge in [0.15, 0.2) is 0 Å². The van der Waals surface area contributed by atoms with Crippen LogP contribution in [0.5, 0.6) is 0 Å². The van der Waals surface area contributed by atoms with Gasteiger partial charge >= 0.3 is 0 Å². The summed E-state index contributed by atoms with van der Waals surface area (Å²) < 4.78 is 28.3. The van der Waals surface area contributed by atoms with Crippen molar-refractivity contribution in [2.45, 2.75) is 36.6 Å². The van der Waals surface area contributed by atoms with E-state index in [2.05, 4.69) is 0 Å². The number of rotatable bonds is 3. The average Bonchev–Trinajstić information content (AvgIpc) is 2.92. The third-order valence-corrected chi connectivity index (χ3v) is 6.32. The van der Waals surface area contributed by atoms with E-state index in [9.17, 15) is 13.2 Å². The Labute approximate surface area is 122 Å². The highest BCUT2D eigenvalue weighted by Gasteiger charge is 2.32. The van der Waals surface area contributed by atoms with E-state index in [4.69, 9.17) is 9.88 Å². The van der Waals surface area contributed by atoms with E-state index in [1.807, 2.05) is 6.92 Å². The molecule has 1 saturated heterocycles. The Morgan fingerprint density at radius 2 is 2.20 bits per heavy atom. The first kappa shape index (κ1) is 15.4. The fourth-order valence-corrected chi connectivity index (χ4v) is 4.47. The quantitative estimate of drug-likeness (QED) is 0.898. The Bertz CT molecular complexity index is 623. The monoisotopic (exact) mass is 318 g/mol. The molecule has 6 nitrogen and oxygen atoms in total. The number of primary sulfonamides is 1. The Balaban J connectivity index is 2.28. The van der Waals surface area contributed by atoms with Crippen LogP contribution in [0.25, 0.3) is 0 Å². The first-order valence-corrected chi connectivity index (χ1v) is 8.65. The average molecular weight is 318 g/mol. The number of carbonyl (C=O) groups excluding carboxylic acids is 1. The van der Waals surface area contributed by atoms with Gasteiger partial charge in [-0.2, -0.15) is 0 Å². The van der Waals surface area contributed by atoms with Crippen molar-refractivity contribution in [1.29, 1.82) is 0 Å². The summed E-state index contributed by atoms with van der Waals surface area (Å²) in [6.45, 7) is 4.16. The summed E-state index contributed by atoms with van der Waals surface area (Å²) in [6, 6.07) is 0.0136. The third kappa shape index (κ3) is 2.73. The van der Waals surface area contributed by atoms with Gasteiger partial charge in [0.2, 0.25) is 10.0 Å². The summed E-state index contributed by atoms with van der Waals surface area (Å²) in [5.74, 6) is -0.198. The Morgan fingerprint density at radius 3 is 2.65 bits per heavy atom. The number of likely N-dealkylation sites (N-methyl/N-ethyl adjacent to an activating group) is 1. The molecule has 1 amide bonds. The molecule has 0 radical (unpaired) electrons. The van der Waals surface area contributed by atoms with Gasteiger partial charge in [-0.25, -0.2) is 13.6 Å². The minimum atomic E-state index is -3.78. The molecule has 0 bridgehead atoms. The lowest BCUT2D eigenvalue weighted by molar-refractivity contribution is 0.0574. The molecule has 0 spiro atoms. The smallest absolute Gasteiger partial charge is 0.255 e. The topological polar surface area (TPSA) is 89.7 Å². The van der Waals surface area contributed by atoms with Gasteiger partial charge in [0.05, 0.1) is 17.7 Å². The molecule has 1 aliphatic rings. The maximum Gasteiger partial charge on any atom is 0.255 e. The molecule has 1 aromatic heterocycles. The molecule has 1 fully saturated rings. The van der Waals surface area contributed by atoms with Gasteiger partial charge in [0.25, 0.3) is 5.91 Å².